The van der Waals surface area contributed by atoms with E-state index in [0.29, 0.717) is 0 Å². The standard InChI is InChI=1S/C11H5F5N2/c12-9-5-4-6(10(13)18-9)7-2-1-3-8(17-7)11(14,15)16/h1-5H. The van der Waals surface area contributed by atoms with Crippen LogP contribution in [-0.2, 0) is 6.18 Å². The molecule has 2 heterocycles. The van der Waals surface area contributed by atoms with Crippen LogP contribution in [0, 0.1) is 11.9 Å². The molecule has 2 aromatic rings. The van der Waals surface area contributed by atoms with Gasteiger partial charge in [-0.3, -0.25) is 0 Å². The van der Waals surface area contributed by atoms with E-state index < -0.39 is 23.8 Å². The molecule has 2 rings (SSSR count). The van der Waals surface area contributed by atoms with E-state index in [1.54, 1.807) is 0 Å². The van der Waals surface area contributed by atoms with Crippen molar-refractivity contribution in [1.29, 1.82) is 0 Å². The Kier molecular flexibility index (Phi) is 2.98. The molecule has 0 fully saturated rings. The Morgan fingerprint density at radius 3 is 2.22 bits per heavy atom. The summed E-state index contributed by atoms with van der Waals surface area (Å²) in [5.41, 5.74) is -1.69. The zero-order chi connectivity index (χ0) is 13.3. The monoisotopic (exact) mass is 260 g/mol. The van der Waals surface area contributed by atoms with Crippen molar-refractivity contribution in [2.75, 3.05) is 0 Å². The summed E-state index contributed by atoms with van der Waals surface area (Å²) < 4.78 is 63.1. The number of alkyl halides is 3. The number of hydrogen-bond donors (Lipinski definition) is 0. The lowest BCUT2D eigenvalue weighted by Crippen LogP contribution is -2.08. The van der Waals surface area contributed by atoms with Crippen LogP contribution in [0.25, 0.3) is 11.3 Å². The second kappa shape index (κ2) is 4.32. The van der Waals surface area contributed by atoms with Crippen LogP contribution in [0.4, 0.5) is 22.0 Å². The Bertz CT molecular complexity index is 580. The van der Waals surface area contributed by atoms with Crippen LogP contribution >= 0.6 is 0 Å². The molecular formula is C11H5F5N2. The number of rotatable bonds is 1. The van der Waals surface area contributed by atoms with E-state index in [-0.39, 0.29) is 11.3 Å². The third kappa shape index (κ3) is 2.44. The van der Waals surface area contributed by atoms with E-state index in [9.17, 15) is 22.0 Å². The summed E-state index contributed by atoms with van der Waals surface area (Å²) in [5, 5.41) is 0. The highest BCUT2D eigenvalue weighted by atomic mass is 19.4. The summed E-state index contributed by atoms with van der Waals surface area (Å²) in [4.78, 5) is 6.16. The van der Waals surface area contributed by atoms with Crippen LogP contribution in [0.15, 0.2) is 30.3 Å². The Balaban J connectivity index is 2.51. The van der Waals surface area contributed by atoms with Gasteiger partial charge in [-0.2, -0.15) is 26.9 Å². The van der Waals surface area contributed by atoms with Gasteiger partial charge in [0.15, 0.2) is 0 Å². The first-order valence-electron chi connectivity index (χ1n) is 4.74. The van der Waals surface area contributed by atoms with Crippen molar-refractivity contribution in [3.63, 3.8) is 0 Å². The third-order valence-corrected chi connectivity index (χ3v) is 2.13. The van der Waals surface area contributed by atoms with Gasteiger partial charge in [0, 0.05) is 0 Å². The fourth-order valence-electron chi connectivity index (χ4n) is 1.35. The average molecular weight is 260 g/mol. The summed E-state index contributed by atoms with van der Waals surface area (Å²) in [5.74, 6) is -2.26. The molecule has 0 aromatic carbocycles. The summed E-state index contributed by atoms with van der Waals surface area (Å²) in [7, 11) is 0. The van der Waals surface area contributed by atoms with Gasteiger partial charge in [0.05, 0.1) is 11.3 Å². The van der Waals surface area contributed by atoms with Crippen molar-refractivity contribution in [1.82, 2.24) is 9.97 Å². The highest BCUT2D eigenvalue weighted by Crippen LogP contribution is 2.29. The maximum atomic E-state index is 13.3. The van der Waals surface area contributed by atoms with Crippen LogP contribution in [-0.4, -0.2) is 9.97 Å². The van der Waals surface area contributed by atoms with E-state index in [1.165, 1.54) is 6.07 Å². The van der Waals surface area contributed by atoms with Gasteiger partial charge in [0.1, 0.15) is 5.69 Å². The van der Waals surface area contributed by atoms with E-state index in [1.807, 2.05) is 0 Å². The largest absolute Gasteiger partial charge is 0.433 e. The smallest absolute Gasteiger partial charge is 0.243 e. The predicted molar refractivity (Wildman–Crippen MR) is 52.4 cm³/mol. The van der Waals surface area contributed by atoms with Crippen LogP contribution in [0.1, 0.15) is 5.69 Å². The molecule has 0 aliphatic carbocycles. The second-order valence-electron chi connectivity index (χ2n) is 3.38. The molecule has 0 radical (unpaired) electrons. The van der Waals surface area contributed by atoms with Crippen molar-refractivity contribution in [3.8, 4) is 11.3 Å². The summed E-state index contributed by atoms with van der Waals surface area (Å²) >= 11 is 0. The van der Waals surface area contributed by atoms with Gasteiger partial charge in [0.25, 0.3) is 0 Å². The lowest BCUT2D eigenvalue weighted by molar-refractivity contribution is -0.141. The zero-order valence-electron chi connectivity index (χ0n) is 8.67. The molecule has 0 aliphatic heterocycles. The summed E-state index contributed by atoms with van der Waals surface area (Å²) in [6.07, 6.45) is -4.63. The summed E-state index contributed by atoms with van der Waals surface area (Å²) in [6, 6.07) is 4.88. The van der Waals surface area contributed by atoms with Crippen molar-refractivity contribution >= 4 is 0 Å². The average Bonchev–Trinajstić information content (AvgIpc) is 2.28. The maximum Gasteiger partial charge on any atom is 0.433 e. The van der Waals surface area contributed by atoms with Crippen LogP contribution in [0.5, 0.6) is 0 Å². The molecule has 0 unspecified atom stereocenters. The number of halogens is 5. The quantitative estimate of drug-likeness (QED) is 0.579. The third-order valence-electron chi connectivity index (χ3n) is 2.13. The summed E-state index contributed by atoms with van der Waals surface area (Å²) in [6.45, 7) is 0. The van der Waals surface area contributed by atoms with Gasteiger partial charge in [-0.25, -0.2) is 4.98 Å². The van der Waals surface area contributed by atoms with Crippen molar-refractivity contribution in [2.24, 2.45) is 0 Å². The molecule has 0 saturated heterocycles. The van der Waals surface area contributed by atoms with Crippen LogP contribution < -0.4 is 0 Å². The minimum Gasteiger partial charge on any atom is -0.243 e. The van der Waals surface area contributed by atoms with E-state index in [2.05, 4.69) is 9.97 Å². The molecule has 0 N–H and O–H groups in total. The minimum atomic E-state index is -4.63. The van der Waals surface area contributed by atoms with Gasteiger partial charge in [-0.1, -0.05) is 6.07 Å². The second-order valence-corrected chi connectivity index (χ2v) is 3.38. The van der Waals surface area contributed by atoms with Crippen molar-refractivity contribution in [2.45, 2.75) is 6.18 Å². The predicted octanol–water partition coefficient (Wildman–Crippen LogP) is 3.44. The lowest BCUT2D eigenvalue weighted by atomic mass is 10.1. The van der Waals surface area contributed by atoms with Gasteiger partial charge in [-0.15, -0.1) is 0 Å². The lowest BCUT2D eigenvalue weighted by Gasteiger charge is -2.07. The highest BCUT2D eigenvalue weighted by Gasteiger charge is 2.32. The van der Waals surface area contributed by atoms with Crippen molar-refractivity contribution < 1.29 is 22.0 Å². The molecule has 2 nitrogen and oxygen atoms in total. The number of aromatic nitrogens is 2. The Morgan fingerprint density at radius 1 is 0.889 bits per heavy atom. The fourth-order valence-corrected chi connectivity index (χ4v) is 1.35. The molecule has 0 atom stereocenters. The van der Waals surface area contributed by atoms with E-state index in [4.69, 9.17) is 0 Å². The normalized spacial score (nSPS) is 11.6. The molecule has 18 heavy (non-hydrogen) atoms. The SMILES string of the molecule is Fc1ccc(-c2cccc(C(F)(F)F)n2)c(F)n1. The number of pyridine rings is 2. The number of nitrogens with zero attached hydrogens (tertiary/aromatic N) is 2. The van der Waals surface area contributed by atoms with E-state index in [0.717, 1.165) is 24.3 Å². The van der Waals surface area contributed by atoms with Gasteiger partial charge in [0.2, 0.25) is 11.9 Å². The Hall–Kier alpha value is -2.05. The molecule has 0 spiro atoms. The molecule has 94 valence electrons. The molecule has 0 bridgehead atoms. The highest BCUT2D eigenvalue weighted by molar-refractivity contribution is 5.58. The van der Waals surface area contributed by atoms with E-state index >= 15 is 0 Å². The molecular weight excluding hydrogens is 255 g/mol. The Morgan fingerprint density at radius 2 is 1.61 bits per heavy atom. The van der Waals surface area contributed by atoms with Crippen LogP contribution in [0.3, 0.4) is 0 Å². The van der Waals surface area contributed by atoms with Crippen molar-refractivity contribution in [3.05, 3.63) is 47.9 Å². The molecule has 0 aliphatic rings. The van der Waals surface area contributed by atoms with Gasteiger partial charge >= 0.3 is 6.18 Å². The maximum absolute atomic E-state index is 13.3. The first kappa shape index (κ1) is 12.4. The molecule has 0 saturated carbocycles. The Labute approximate surface area is 98.1 Å². The molecule has 0 amide bonds. The zero-order valence-corrected chi connectivity index (χ0v) is 8.67. The fraction of sp³-hybridized carbons (Fsp3) is 0.0909. The van der Waals surface area contributed by atoms with Gasteiger partial charge < -0.3 is 0 Å². The topological polar surface area (TPSA) is 25.8 Å². The van der Waals surface area contributed by atoms with Gasteiger partial charge in [-0.05, 0) is 24.3 Å². The molecule has 7 heteroatoms. The number of hydrogen-bond acceptors (Lipinski definition) is 2. The first-order valence-corrected chi connectivity index (χ1v) is 4.74. The van der Waals surface area contributed by atoms with Crippen LogP contribution in [0.2, 0.25) is 0 Å². The molecule has 2 aromatic heterocycles. The minimum absolute atomic E-state index is 0.255. The first-order chi connectivity index (χ1) is 8.38.